The molecule has 3 rings (SSSR count). The Bertz CT molecular complexity index is 1030. The highest BCUT2D eigenvalue weighted by molar-refractivity contribution is 8.00. The van der Waals surface area contributed by atoms with Gasteiger partial charge in [0, 0.05) is 37.1 Å². The monoisotopic (exact) mass is 478 g/mol. The SMILES string of the molecule is CCOc1ccc(S(=O)(=O)N2CCN(C(=O)CSc3ccccc3C)CC2)cc1OCC. The molecule has 1 heterocycles. The second kappa shape index (κ2) is 11.1. The zero-order valence-corrected chi connectivity index (χ0v) is 20.4. The number of hydrogen-bond acceptors (Lipinski definition) is 6. The van der Waals surface area contributed by atoms with Crippen molar-refractivity contribution in [2.75, 3.05) is 45.1 Å². The van der Waals surface area contributed by atoms with Gasteiger partial charge in [0.05, 0.1) is 23.9 Å². The lowest BCUT2D eigenvalue weighted by molar-refractivity contribution is -0.129. The van der Waals surface area contributed by atoms with Crippen LogP contribution >= 0.6 is 11.8 Å². The molecule has 32 heavy (non-hydrogen) atoms. The number of piperazine rings is 1. The van der Waals surface area contributed by atoms with E-state index in [-0.39, 0.29) is 23.9 Å². The van der Waals surface area contributed by atoms with Gasteiger partial charge in [-0.15, -0.1) is 11.8 Å². The van der Waals surface area contributed by atoms with E-state index in [9.17, 15) is 13.2 Å². The highest BCUT2D eigenvalue weighted by atomic mass is 32.2. The largest absolute Gasteiger partial charge is 0.490 e. The number of ether oxygens (including phenoxy) is 2. The topological polar surface area (TPSA) is 76.2 Å². The number of amides is 1. The summed E-state index contributed by atoms with van der Waals surface area (Å²) in [6, 6.07) is 12.6. The van der Waals surface area contributed by atoms with Crippen LogP contribution in [0.5, 0.6) is 11.5 Å². The van der Waals surface area contributed by atoms with E-state index in [4.69, 9.17) is 9.47 Å². The molecule has 2 aromatic rings. The molecule has 1 aliphatic rings. The maximum absolute atomic E-state index is 13.2. The molecule has 9 heteroatoms. The predicted molar refractivity (Wildman–Crippen MR) is 126 cm³/mol. The normalized spacial score (nSPS) is 14.9. The minimum absolute atomic E-state index is 0.0231. The van der Waals surface area contributed by atoms with Crippen LogP contribution in [0.3, 0.4) is 0 Å². The van der Waals surface area contributed by atoms with Crippen LogP contribution in [0.1, 0.15) is 19.4 Å². The minimum Gasteiger partial charge on any atom is -0.490 e. The van der Waals surface area contributed by atoms with Crippen molar-refractivity contribution in [1.29, 1.82) is 0 Å². The molecule has 0 aromatic heterocycles. The Labute approximate surface area is 194 Å². The lowest BCUT2D eigenvalue weighted by atomic mass is 10.2. The molecule has 1 aliphatic heterocycles. The van der Waals surface area contributed by atoms with Gasteiger partial charge in [0.25, 0.3) is 0 Å². The van der Waals surface area contributed by atoms with Crippen LogP contribution in [0.4, 0.5) is 0 Å². The van der Waals surface area contributed by atoms with Crippen molar-refractivity contribution in [2.45, 2.75) is 30.6 Å². The first kappa shape index (κ1) is 24.4. The quantitative estimate of drug-likeness (QED) is 0.514. The number of rotatable bonds is 9. The van der Waals surface area contributed by atoms with E-state index in [1.54, 1.807) is 17.0 Å². The van der Waals surface area contributed by atoms with Crippen LogP contribution in [0, 0.1) is 6.92 Å². The first-order chi connectivity index (χ1) is 15.4. The summed E-state index contributed by atoms with van der Waals surface area (Å²) in [6.45, 7) is 7.87. The molecule has 0 atom stereocenters. The van der Waals surface area contributed by atoms with E-state index in [2.05, 4.69) is 0 Å². The lowest BCUT2D eigenvalue weighted by Crippen LogP contribution is -2.50. The zero-order valence-electron chi connectivity index (χ0n) is 18.7. The van der Waals surface area contributed by atoms with E-state index in [1.165, 1.54) is 22.1 Å². The van der Waals surface area contributed by atoms with Gasteiger partial charge in [-0.25, -0.2) is 8.42 Å². The predicted octanol–water partition coefficient (Wildman–Crippen LogP) is 3.42. The molecular weight excluding hydrogens is 448 g/mol. The number of nitrogens with zero attached hydrogens (tertiary/aromatic N) is 2. The lowest BCUT2D eigenvalue weighted by Gasteiger charge is -2.34. The maximum atomic E-state index is 13.2. The smallest absolute Gasteiger partial charge is 0.243 e. The standard InChI is InChI=1S/C23H30N2O5S2/c1-4-29-20-11-10-19(16-21(20)30-5-2)32(27,28)25-14-12-24(13-15-25)23(26)17-31-22-9-7-6-8-18(22)3/h6-11,16H,4-5,12-15,17H2,1-3H3. The van der Waals surface area contributed by atoms with Crippen LogP contribution in [-0.2, 0) is 14.8 Å². The maximum Gasteiger partial charge on any atom is 0.243 e. The highest BCUT2D eigenvalue weighted by Gasteiger charge is 2.30. The summed E-state index contributed by atoms with van der Waals surface area (Å²) in [7, 11) is -3.69. The molecule has 1 fully saturated rings. The van der Waals surface area contributed by atoms with E-state index < -0.39 is 10.0 Å². The molecule has 0 spiro atoms. The second-order valence-electron chi connectivity index (χ2n) is 7.31. The number of carbonyl (C=O) groups excluding carboxylic acids is 1. The highest BCUT2D eigenvalue weighted by Crippen LogP contribution is 2.31. The van der Waals surface area contributed by atoms with E-state index in [0.717, 1.165) is 10.5 Å². The van der Waals surface area contributed by atoms with Crippen molar-refractivity contribution in [2.24, 2.45) is 0 Å². The molecule has 0 bridgehead atoms. The Balaban J connectivity index is 1.61. The minimum atomic E-state index is -3.69. The molecule has 0 unspecified atom stereocenters. The molecular formula is C23H30N2O5S2. The molecule has 0 radical (unpaired) electrons. The molecule has 0 N–H and O–H groups in total. The van der Waals surface area contributed by atoms with E-state index in [1.807, 2.05) is 45.0 Å². The van der Waals surface area contributed by atoms with Gasteiger partial charge in [-0.2, -0.15) is 4.31 Å². The van der Waals surface area contributed by atoms with Gasteiger partial charge < -0.3 is 14.4 Å². The molecule has 7 nitrogen and oxygen atoms in total. The van der Waals surface area contributed by atoms with Gasteiger partial charge in [-0.05, 0) is 44.5 Å². The Hall–Kier alpha value is -2.23. The summed E-state index contributed by atoms with van der Waals surface area (Å²) in [5.74, 6) is 1.30. The third kappa shape index (κ3) is 5.76. The van der Waals surface area contributed by atoms with Gasteiger partial charge in [0.1, 0.15) is 0 Å². The van der Waals surface area contributed by atoms with Crippen molar-refractivity contribution >= 4 is 27.7 Å². The van der Waals surface area contributed by atoms with E-state index >= 15 is 0 Å². The van der Waals surface area contributed by atoms with Gasteiger partial charge in [0.2, 0.25) is 15.9 Å². The van der Waals surface area contributed by atoms with Crippen LogP contribution in [0.15, 0.2) is 52.3 Å². The summed E-state index contributed by atoms with van der Waals surface area (Å²) in [5, 5.41) is 0. The Morgan fingerprint density at radius 2 is 1.62 bits per heavy atom. The molecule has 1 saturated heterocycles. The number of sulfonamides is 1. The van der Waals surface area contributed by atoms with Gasteiger partial charge >= 0.3 is 0 Å². The average molecular weight is 479 g/mol. The Morgan fingerprint density at radius 1 is 0.969 bits per heavy atom. The van der Waals surface area contributed by atoms with Crippen molar-refractivity contribution in [3.05, 3.63) is 48.0 Å². The molecule has 174 valence electrons. The third-order valence-corrected chi connectivity index (χ3v) is 8.24. The number of aryl methyl sites for hydroxylation is 1. The number of carbonyl (C=O) groups is 1. The fourth-order valence-electron chi connectivity index (χ4n) is 3.47. The number of benzene rings is 2. The van der Waals surface area contributed by atoms with Crippen molar-refractivity contribution in [1.82, 2.24) is 9.21 Å². The second-order valence-corrected chi connectivity index (χ2v) is 10.3. The molecule has 2 aromatic carbocycles. The van der Waals surface area contributed by atoms with Crippen molar-refractivity contribution < 1.29 is 22.7 Å². The summed E-state index contributed by atoms with van der Waals surface area (Å²) in [6.07, 6.45) is 0. The summed E-state index contributed by atoms with van der Waals surface area (Å²) < 4.78 is 38.8. The van der Waals surface area contributed by atoms with E-state index in [0.29, 0.717) is 43.6 Å². The molecule has 0 aliphatic carbocycles. The molecule has 1 amide bonds. The number of thioether (sulfide) groups is 1. The van der Waals surface area contributed by atoms with Gasteiger partial charge in [0.15, 0.2) is 11.5 Å². The van der Waals surface area contributed by atoms with Gasteiger partial charge in [-0.1, -0.05) is 18.2 Å². The average Bonchev–Trinajstić information content (AvgIpc) is 2.80. The van der Waals surface area contributed by atoms with Crippen molar-refractivity contribution in [3.8, 4) is 11.5 Å². The Kier molecular flexibility index (Phi) is 8.44. The first-order valence-corrected chi connectivity index (χ1v) is 13.1. The first-order valence-electron chi connectivity index (χ1n) is 10.7. The zero-order chi connectivity index (χ0) is 23.1. The fourth-order valence-corrected chi connectivity index (χ4v) is 5.84. The summed E-state index contributed by atoms with van der Waals surface area (Å²) in [5.41, 5.74) is 1.14. The fraction of sp³-hybridized carbons (Fsp3) is 0.435. The third-order valence-electron chi connectivity index (χ3n) is 5.19. The van der Waals surface area contributed by atoms with Gasteiger partial charge in [-0.3, -0.25) is 4.79 Å². The summed E-state index contributed by atoms with van der Waals surface area (Å²) in [4.78, 5) is 15.6. The van der Waals surface area contributed by atoms with Crippen molar-refractivity contribution in [3.63, 3.8) is 0 Å². The van der Waals surface area contributed by atoms with Crippen LogP contribution in [0.2, 0.25) is 0 Å². The molecule has 0 saturated carbocycles. The van der Waals surface area contributed by atoms with Crippen LogP contribution in [-0.4, -0.2) is 68.7 Å². The van der Waals surface area contributed by atoms with Crippen LogP contribution < -0.4 is 9.47 Å². The number of hydrogen-bond donors (Lipinski definition) is 0. The van der Waals surface area contributed by atoms with Crippen LogP contribution in [0.25, 0.3) is 0 Å². The summed E-state index contributed by atoms with van der Waals surface area (Å²) >= 11 is 1.51. The Morgan fingerprint density at radius 3 is 2.28 bits per heavy atom.